The van der Waals surface area contributed by atoms with Gasteiger partial charge in [-0.15, -0.1) is 0 Å². The highest BCUT2D eigenvalue weighted by Gasteiger charge is 2.38. The lowest BCUT2D eigenvalue weighted by Crippen LogP contribution is -2.34. The van der Waals surface area contributed by atoms with Gasteiger partial charge >= 0.3 is 0 Å². The van der Waals surface area contributed by atoms with E-state index in [1.54, 1.807) is 12.1 Å². The second kappa shape index (κ2) is 10.7. The van der Waals surface area contributed by atoms with Crippen molar-refractivity contribution in [2.45, 2.75) is 45.2 Å². The molecule has 0 bridgehead atoms. The molecule has 182 valence electrons. The highest BCUT2D eigenvalue weighted by atomic mass is 35.5. The van der Waals surface area contributed by atoms with Gasteiger partial charge in [0.15, 0.2) is 0 Å². The number of nitrogens with zero attached hydrogens (tertiary/aromatic N) is 4. The standard InChI is InChI=1S/C18H19ClF3N3O.C4H5N3O/c1-3-10-4-5-12(19)8-11(10)9-25(13-6-7-13)18(26)14-15(16(20)21)23-24(2)17(14)22;5-4(8)3-1-6-7-2-3/h4-5,8,13,16H,3,6-7,9H2,1-2H3;1-2H,(H2,5,8)(H,6,7). The van der Waals surface area contributed by atoms with Crippen molar-refractivity contribution in [2.75, 3.05) is 0 Å². The van der Waals surface area contributed by atoms with Crippen LogP contribution in [0, 0.1) is 5.95 Å². The Labute approximate surface area is 198 Å². The smallest absolute Gasteiger partial charge is 0.283 e. The lowest BCUT2D eigenvalue weighted by Gasteiger charge is -2.24. The normalized spacial score (nSPS) is 12.9. The summed E-state index contributed by atoms with van der Waals surface area (Å²) in [7, 11) is 1.20. The second-order valence-electron chi connectivity index (χ2n) is 7.76. The molecule has 0 saturated heterocycles. The van der Waals surface area contributed by atoms with Crippen LogP contribution in [0.4, 0.5) is 13.2 Å². The maximum atomic E-state index is 14.3. The molecule has 12 heteroatoms. The summed E-state index contributed by atoms with van der Waals surface area (Å²) in [6, 6.07) is 5.32. The van der Waals surface area contributed by atoms with Crippen LogP contribution in [0.2, 0.25) is 5.02 Å². The van der Waals surface area contributed by atoms with Crippen LogP contribution in [0.25, 0.3) is 0 Å². The van der Waals surface area contributed by atoms with Crippen molar-refractivity contribution in [1.82, 2.24) is 24.9 Å². The minimum absolute atomic E-state index is 0.0867. The third-order valence-electron chi connectivity index (χ3n) is 5.35. The minimum Gasteiger partial charge on any atom is -0.366 e. The molecule has 1 fully saturated rings. The molecule has 0 spiro atoms. The summed E-state index contributed by atoms with van der Waals surface area (Å²) in [4.78, 5) is 24.6. The maximum Gasteiger partial charge on any atom is 0.283 e. The molecule has 1 aliphatic carbocycles. The van der Waals surface area contributed by atoms with Gasteiger partial charge in [-0.3, -0.25) is 14.7 Å². The molecule has 2 heterocycles. The Kier molecular flexibility index (Phi) is 7.98. The topological polar surface area (TPSA) is 110 Å². The van der Waals surface area contributed by atoms with E-state index in [0.29, 0.717) is 15.3 Å². The number of carbonyl (C=O) groups is 2. The molecule has 2 aromatic heterocycles. The van der Waals surface area contributed by atoms with Crippen molar-refractivity contribution in [3.05, 3.63) is 69.5 Å². The van der Waals surface area contributed by atoms with Gasteiger partial charge in [-0.2, -0.15) is 14.6 Å². The van der Waals surface area contributed by atoms with Gasteiger partial charge in [-0.25, -0.2) is 13.5 Å². The van der Waals surface area contributed by atoms with Crippen LogP contribution in [0.3, 0.4) is 0 Å². The van der Waals surface area contributed by atoms with E-state index < -0.39 is 35.4 Å². The zero-order valence-corrected chi connectivity index (χ0v) is 19.3. The largest absolute Gasteiger partial charge is 0.366 e. The number of carbonyl (C=O) groups excluding carboxylic acids is 2. The molecule has 2 amide bonds. The first-order valence-electron chi connectivity index (χ1n) is 10.5. The van der Waals surface area contributed by atoms with Gasteiger partial charge in [0, 0.05) is 30.9 Å². The van der Waals surface area contributed by atoms with E-state index in [9.17, 15) is 22.8 Å². The Morgan fingerprint density at radius 1 is 1.32 bits per heavy atom. The molecule has 3 aromatic rings. The Morgan fingerprint density at radius 3 is 2.53 bits per heavy atom. The molecule has 3 N–H and O–H groups in total. The number of aryl methyl sites for hydroxylation is 2. The van der Waals surface area contributed by atoms with Crippen LogP contribution in [0.15, 0.2) is 30.6 Å². The summed E-state index contributed by atoms with van der Waals surface area (Å²) >= 11 is 6.07. The molecule has 0 radical (unpaired) electrons. The Balaban J connectivity index is 0.000000343. The van der Waals surface area contributed by atoms with Crippen molar-refractivity contribution in [2.24, 2.45) is 12.8 Å². The van der Waals surface area contributed by atoms with Gasteiger partial charge in [0.05, 0.1) is 11.8 Å². The summed E-state index contributed by atoms with van der Waals surface area (Å²) in [5.41, 5.74) is 5.65. The average molecular weight is 497 g/mol. The number of primary amides is 1. The van der Waals surface area contributed by atoms with Crippen LogP contribution < -0.4 is 5.73 Å². The van der Waals surface area contributed by atoms with Gasteiger partial charge < -0.3 is 10.6 Å². The van der Waals surface area contributed by atoms with Gasteiger partial charge in [-0.1, -0.05) is 24.6 Å². The quantitative estimate of drug-likeness (QED) is 0.514. The first kappa shape index (κ1) is 25.3. The Morgan fingerprint density at radius 2 is 2.03 bits per heavy atom. The second-order valence-corrected chi connectivity index (χ2v) is 8.19. The highest BCUT2D eigenvalue weighted by molar-refractivity contribution is 6.30. The van der Waals surface area contributed by atoms with Crippen LogP contribution in [0.5, 0.6) is 0 Å². The molecule has 0 atom stereocenters. The fourth-order valence-corrected chi connectivity index (χ4v) is 3.62. The van der Waals surface area contributed by atoms with Gasteiger partial charge in [0.1, 0.15) is 11.3 Å². The first-order valence-corrected chi connectivity index (χ1v) is 10.9. The average Bonchev–Trinajstić information content (AvgIpc) is 3.37. The van der Waals surface area contributed by atoms with Crippen LogP contribution in [-0.2, 0) is 20.0 Å². The van der Waals surface area contributed by atoms with Crippen LogP contribution >= 0.6 is 11.6 Å². The number of H-pyrrole nitrogens is 1. The number of halogens is 4. The fraction of sp³-hybridized carbons (Fsp3) is 0.364. The third-order valence-corrected chi connectivity index (χ3v) is 5.58. The van der Waals surface area contributed by atoms with E-state index >= 15 is 0 Å². The van der Waals surface area contributed by atoms with Crippen molar-refractivity contribution in [3.63, 3.8) is 0 Å². The summed E-state index contributed by atoms with van der Waals surface area (Å²) in [5.74, 6) is -2.26. The van der Waals surface area contributed by atoms with E-state index in [-0.39, 0.29) is 12.6 Å². The monoisotopic (exact) mass is 496 g/mol. The SMILES string of the molecule is CCc1ccc(Cl)cc1CN(C(=O)c1c(C(F)F)nn(C)c1F)C1CC1.NC(=O)c1cn[nH]c1. The van der Waals surface area contributed by atoms with Gasteiger partial charge in [-0.05, 0) is 42.5 Å². The van der Waals surface area contributed by atoms with Gasteiger partial charge in [0.25, 0.3) is 18.2 Å². The van der Waals surface area contributed by atoms with Crippen LogP contribution in [0.1, 0.15) is 63.7 Å². The van der Waals surface area contributed by atoms with E-state index in [0.717, 1.165) is 30.4 Å². The number of aromatic nitrogens is 4. The number of aromatic amines is 1. The maximum absolute atomic E-state index is 14.3. The summed E-state index contributed by atoms with van der Waals surface area (Å²) in [6.45, 7) is 2.18. The predicted octanol–water partition coefficient (Wildman–Crippen LogP) is 4.03. The first-order chi connectivity index (χ1) is 16.1. The van der Waals surface area contributed by atoms with E-state index in [2.05, 4.69) is 15.3 Å². The number of hydrogen-bond donors (Lipinski definition) is 2. The molecular weight excluding hydrogens is 473 g/mol. The number of benzene rings is 1. The van der Waals surface area contributed by atoms with Crippen LogP contribution in [-0.4, -0.2) is 42.7 Å². The molecule has 34 heavy (non-hydrogen) atoms. The fourth-order valence-electron chi connectivity index (χ4n) is 3.43. The van der Waals surface area contributed by atoms with Crippen molar-refractivity contribution < 1.29 is 22.8 Å². The number of amides is 2. The number of rotatable bonds is 7. The molecule has 4 rings (SSSR count). The third kappa shape index (κ3) is 5.77. The lowest BCUT2D eigenvalue weighted by molar-refractivity contribution is 0.0711. The lowest BCUT2D eigenvalue weighted by atomic mass is 10.0. The van der Waals surface area contributed by atoms with Gasteiger partial charge in [0.2, 0.25) is 5.95 Å². The Bertz CT molecular complexity index is 1160. The minimum atomic E-state index is -3.02. The molecule has 1 aromatic carbocycles. The highest BCUT2D eigenvalue weighted by Crippen LogP contribution is 2.33. The van der Waals surface area contributed by atoms with E-state index in [1.807, 2.05) is 13.0 Å². The zero-order valence-electron chi connectivity index (χ0n) is 18.6. The molecule has 0 unspecified atom stereocenters. The summed E-state index contributed by atoms with van der Waals surface area (Å²) in [5, 5.41) is 9.98. The molecular formula is C22H24ClF3N6O2. The molecule has 0 aliphatic heterocycles. The summed E-state index contributed by atoms with van der Waals surface area (Å²) in [6.07, 6.45) is 2.07. The number of alkyl halides is 2. The number of hydrogen-bond acceptors (Lipinski definition) is 4. The summed E-state index contributed by atoms with van der Waals surface area (Å²) < 4.78 is 41.5. The Hall–Kier alpha value is -3.34. The van der Waals surface area contributed by atoms with Crippen molar-refractivity contribution in [1.29, 1.82) is 0 Å². The predicted molar refractivity (Wildman–Crippen MR) is 119 cm³/mol. The van der Waals surface area contributed by atoms with E-state index in [4.69, 9.17) is 17.3 Å². The van der Waals surface area contributed by atoms with Crippen molar-refractivity contribution >= 4 is 23.4 Å². The molecule has 1 aliphatic rings. The van der Waals surface area contributed by atoms with Crippen molar-refractivity contribution in [3.8, 4) is 0 Å². The number of nitrogens with one attached hydrogen (secondary N) is 1. The van der Waals surface area contributed by atoms with E-state index in [1.165, 1.54) is 24.3 Å². The molecule has 8 nitrogen and oxygen atoms in total. The number of nitrogens with two attached hydrogens (primary N) is 1. The molecule has 1 saturated carbocycles. The zero-order chi connectivity index (χ0) is 25.0.